The smallest absolute Gasteiger partial charge is 0.296 e. The predicted octanol–water partition coefficient (Wildman–Crippen LogP) is 2.04. The highest BCUT2D eigenvalue weighted by Crippen LogP contribution is 2.19. The first-order valence-corrected chi connectivity index (χ1v) is 8.10. The van der Waals surface area contributed by atoms with Gasteiger partial charge in [0.05, 0.1) is 11.5 Å². The molecule has 1 atom stereocenters. The first-order valence-electron chi connectivity index (χ1n) is 6.69. The van der Waals surface area contributed by atoms with E-state index in [-0.39, 0.29) is 11.5 Å². The van der Waals surface area contributed by atoms with Crippen LogP contribution in [0.5, 0.6) is 0 Å². The number of hydrogen-bond acceptors (Lipinski definition) is 4. The Balaban J connectivity index is 1.93. The van der Waals surface area contributed by atoms with Gasteiger partial charge in [0.15, 0.2) is 0 Å². The molecule has 19 heavy (non-hydrogen) atoms. The van der Waals surface area contributed by atoms with E-state index in [1.54, 1.807) is 24.3 Å². The Labute approximate surface area is 115 Å². The molecular weight excluding hydrogens is 262 g/mol. The number of benzene rings is 1. The summed E-state index contributed by atoms with van der Waals surface area (Å²) in [6.45, 7) is 7.31. The van der Waals surface area contributed by atoms with E-state index in [0.717, 1.165) is 31.6 Å². The highest BCUT2D eigenvalue weighted by Gasteiger charge is 2.24. The largest absolute Gasteiger partial charge is 0.303 e. The zero-order valence-corrected chi connectivity index (χ0v) is 12.3. The molecule has 1 aliphatic rings. The molecule has 4 nitrogen and oxygen atoms in total. The molecular formula is C14H21NO3S. The Bertz CT molecular complexity index is 510. The second-order valence-electron chi connectivity index (χ2n) is 5.10. The van der Waals surface area contributed by atoms with Gasteiger partial charge in [-0.25, -0.2) is 0 Å². The first kappa shape index (κ1) is 14.5. The van der Waals surface area contributed by atoms with E-state index in [2.05, 4.69) is 11.8 Å². The van der Waals surface area contributed by atoms with Crippen LogP contribution < -0.4 is 0 Å². The van der Waals surface area contributed by atoms with E-state index in [1.165, 1.54) is 0 Å². The van der Waals surface area contributed by atoms with Crippen LogP contribution in [0.1, 0.15) is 18.9 Å². The van der Waals surface area contributed by atoms with Crippen molar-refractivity contribution in [3.63, 3.8) is 0 Å². The maximum Gasteiger partial charge on any atom is 0.296 e. The average Bonchev–Trinajstić information content (AvgIpc) is 2.85. The van der Waals surface area contributed by atoms with E-state index >= 15 is 0 Å². The third kappa shape index (κ3) is 3.78. The summed E-state index contributed by atoms with van der Waals surface area (Å²) in [7, 11) is -3.61. The van der Waals surface area contributed by atoms with Crippen LogP contribution >= 0.6 is 0 Å². The van der Waals surface area contributed by atoms with Gasteiger partial charge in [-0.15, -0.1) is 0 Å². The number of nitrogens with zero attached hydrogens (tertiary/aromatic N) is 1. The summed E-state index contributed by atoms with van der Waals surface area (Å²) < 4.78 is 29.2. The zero-order valence-electron chi connectivity index (χ0n) is 11.5. The van der Waals surface area contributed by atoms with Crippen LogP contribution in [0.4, 0.5) is 0 Å². The van der Waals surface area contributed by atoms with Crippen molar-refractivity contribution in [3.8, 4) is 0 Å². The lowest BCUT2D eigenvalue weighted by molar-refractivity contribution is 0.248. The van der Waals surface area contributed by atoms with Gasteiger partial charge in [0, 0.05) is 6.54 Å². The summed E-state index contributed by atoms with van der Waals surface area (Å²) >= 11 is 0. The van der Waals surface area contributed by atoms with Crippen molar-refractivity contribution in [2.24, 2.45) is 5.92 Å². The third-order valence-electron chi connectivity index (χ3n) is 3.59. The standard InChI is InChI=1S/C14H21NO3S/c1-3-15-9-8-13(10-15)11-18-19(16,17)14-6-4-12(2)5-7-14/h4-7,13H,3,8-11H2,1-2H3. The van der Waals surface area contributed by atoms with Crippen molar-refractivity contribution in [1.29, 1.82) is 0 Å². The van der Waals surface area contributed by atoms with Gasteiger partial charge in [-0.1, -0.05) is 24.6 Å². The summed E-state index contributed by atoms with van der Waals surface area (Å²) in [6, 6.07) is 6.75. The molecule has 1 aromatic rings. The molecule has 0 aliphatic carbocycles. The lowest BCUT2D eigenvalue weighted by Crippen LogP contribution is -2.22. The molecule has 0 saturated carbocycles. The summed E-state index contributed by atoms with van der Waals surface area (Å²) in [5.74, 6) is 0.320. The summed E-state index contributed by atoms with van der Waals surface area (Å²) in [5.41, 5.74) is 1.04. The van der Waals surface area contributed by atoms with Gasteiger partial charge >= 0.3 is 0 Å². The predicted molar refractivity (Wildman–Crippen MR) is 74.5 cm³/mol. The highest BCUT2D eigenvalue weighted by molar-refractivity contribution is 7.86. The summed E-state index contributed by atoms with van der Waals surface area (Å²) in [4.78, 5) is 2.55. The van der Waals surface area contributed by atoms with Crippen molar-refractivity contribution in [1.82, 2.24) is 4.90 Å². The van der Waals surface area contributed by atoms with Crippen LogP contribution in [0.3, 0.4) is 0 Å². The van der Waals surface area contributed by atoms with Gasteiger partial charge in [-0.2, -0.15) is 8.42 Å². The minimum absolute atomic E-state index is 0.239. The summed E-state index contributed by atoms with van der Waals surface area (Å²) in [6.07, 6.45) is 1.01. The fourth-order valence-corrected chi connectivity index (χ4v) is 3.27. The molecule has 1 aromatic carbocycles. The van der Waals surface area contributed by atoms with E-state index in [0.29, 0.717) is 5.92 Å². The molecule has 5 heteroatoms. The van der Waals surface area contributed by atoms with Gasteiger partial charge in [-0.3, -0.25) is 4.18 Å². The first-order chi connectivity index (χ1) is 9.01. The second kappa shape index (κ2) is 6.03. The SMILES string of the molecule is CCN1CCC(COS(=O)(=O)c2ccc(C)cc2)C1. The molecule has 0 aromatic heterocycles. The Hall–Kier alpha value is -0.910. The molecule has 0 radical (unpaired) electrons. The minimum atomic E-state index is -3.61. The van der Waals surface area contributed by atoms with Gasteiger partial charge in [0.2, 0.25) is 0 Å². The molecule has 0 bridgehead atoms. The van der Waals surface area contributed by atoms with Crippen LogP contribution in [-0.2, 0) is 14.3 Å². The molecule has 1 heterocycles. The average molecular weight is 283 g/mol. The van der Waals surface area contributed by atoms with Crippen LogP contribution in [0.25, 0.3) is 0 Å². The Morgan fingerprint density at radius 1 is 1.32 bits per heavy atom. The number of aryl methyl sites for hydroxylation is 1. The van der Waals surface area contributed by atoms with E-state index in [9.17, 15) is 8.42 Å². The quantitative estimate of drug-likeness (QED) is 0.776. The molecule has 1 unspecified atom stereocenters. The Morgan fingerprint density at radius 2 is 2.00 bits per heavy atom. The maximum absolute atomic E-state index is 12.0. The van der Waals surface area contributed by atoms with E-state index < -0.39 is 10.1 Å². The van der Waals surface area contributed by atoms with Crippen LogP contribution in [-0.4, -0.2) is 39.6 Å². The molecule has 1 aliphatic heterocycles. The van der Waals surface area contributed by atoms with Crippen molar-refractivity contribution in [2.45, 2.75) is 25.2 Å². The van der Waals surface area contributed by atoms with Crippen LogP contribution in [0.2, 0.25) is 0 Å². The van der Waals surface area contributed by atoms with Gasteiger partial charge in [-0.05, 0) is 44.5 Å². The highest BCUT2D eigenvalue weighted by atomic mass is 32.2. The van der Waals surface area contributed by atoms with Crippen molar-refractivity contribution in [2.75, 3.05) is 26.2 Å². The van der Waals surface area contributed by atoms with Gasteiger partial charge < -0.3 is 4.90 Å². The number of hydrogen-bond donors (Lipinski definition) is 0. The third-order valence-corrected chi connectivity index (χ3v) is 4.88. The van der Waals surface area contributed by atoms with E-state index in [4.69, 9.17) is 4.18 Å². The molecule has 1 fully saturated rings. The molecule has 2 rings (SSSR count). The topological polar surface area (TPSA) is 46.6 Å². The van der Waals surface area contributed by atoms with Gasteiger partial charge in [0.25, 0.3) is 10.1 Å². The fraction of sp³-hybridized carbons (Fsp3) is 0.571. The Morgan fingerprint density at radius 3 is 2.58 bits per heavy atom. The molecule has 1 saturated heterocycles. The van der Waals surface area contributed by atoms with Crippen LogP contribution in [0.15, 0.2) is 29.2 Å². The lowest BCUT2D eigenvalue weighted by atomic mass is 10.1. The van der Waals surface area contributed by atoms with Crippen molar-refractivity contribution in [3.05, 3.63) is 29.8 Å². The lowest BCUT2D eigenvalue weighted by Gasteiger charge is -2.13. The number of likely N-dealkylation sites (tertiary alicyclic amines) is 1. The fourth-order valence-electron chi connectivity index (χ4n) is 2.29. The molecule has 0 amide bonds. The maximum atomic E-state index is 12.0. The minimum Gasteiger partial charge on any atom is -0.303 e. The zero-order chi connectivity index (χ0) is 13.9. The number of rotatable bonds is 5. The normalized spacial score (nSPS) is 20.8. The molecule has 106 valence electrons. The van der Waals surface area contributed by atoms with Crippen LogP contribution in [0, 0.1) is 12.8 Å². The second-order valence-corrected chi connectivity index (χ2v) is 6.71. The molecule has 0 N–H and O–H groups in total. The van der Waals surface area contributed by atoms with E-state index in [1.807, 2.05) is 6.92 Å². The van der Waals surface area contributed by atoms with Crippen molar-refractivity contribution < 1.29 is 12.6 Å². The monoisotopic (exact) mass is 283 g/mol. The van der Waals surface area contributed by atoms with Crippen molar-refractivity contribution >= 4 is 10.1 Å². The Kier molecular flexibility index (Phi) is 4.60. The summed E-state index contributed by atoms with van der Waals surface area (Å²) in [5, 5.41) is 0. The van der Waals surface area contributed by atoms with Gasteiger partial charge in [0.1, 0.15) is 0 Å². The molecule has 0 spiro atoms.